The molecule has 0 amide bonds. The first-order valence-electron chi connectivity index (χ1n) is 9.10. The minimum absolute atomic E-state index is 0.284. The number of nitrogens with zero attached hydrogens (tertiary/aromatic N) is 4. The van der Waals surface area contributed by atoms with Gasteiger partial charge in [-0.3, -0.25) is 9.80 Å². The molecular formula is C19H28N4O2. The van der Waals surface area contributed by atoms with Gasteiger partial charge in [0, 0.05) is 37.8 Å². The molecule has 136 valence electrons. The van der Waals surface area contributed by atoms with Gasteiger partial charge in [-0.2, -0.15) is 4.98 Å². The van der Waals surface area contributed by atoms with Crippen LogP contribution in [0.25, 0.3) is 11.4 Å². The highest BCUT2D eigenvalue weighted by Crippen LogP contribution is 2.21. The van der Waals surface area contributed by atoms with Crippen LogP contribution in [0.15, 0.2) is 28.8 Å². The summed E-state index contributed by atoms with van der Waals surface area (Å²) in [5, 5.41) is 13.8. The van der Waals surface area contributed by atoms with Gasteiger partial charge in [0.1, 0.15) is 0 Å². The van der Waals surface area contributed by atoms with E-state index < -0.39 is 0 Å². The summed E-state index contributed by atoms with van der Waals surface area (Å²) in [6, 6.07) is 8.54. The third-order valence-electron chi connectivity index (χ3n) is 4.87. The molecule has 1 aliphatic rings. The molecule has 0 unspecified atom stereocenters. The fourth-order valence-corrected chi connectivity index (χ4v) is 3.51. The minimum atomic E-state index is -0.284. The fraction of sp³-hybridized carbons (Fsp3) is 0.579. The van der Waals surface area contributed by atoms with E-state index in [0.717, 1.165) is 43.7 Å². The Balaban J connectivity index is 1.63. The molecule has 2 atom stereocenters. The molecular weight excluding hydrogens is 316 g/mol. The van der Waals surface area contributed by atoms with Crippen LogP contribution in [-0.4, -0.2) is 63.4 Å². The van der Waals surface area contributed by atoms with E-state index in [2.05, 4.69) is 39.9 Å². The van der Waals surface area contributed by atoms with E-state index in [9.17, 15) is 5.11 Å². The molecule has 25 heavy (non-hydrogen) atoms. The molecule has 0 saturated carbocycles. The number of hydrogen-bond donors (Lipinski definition) is 1. The molecule has 1 aromatic carbocycles. The molecule has 0 aliphatic carbocycles. The maximum absolute atomic E-state index is 9.66. The molecule has 1 N–H and O–H groups in total. The van der Waals surface area contributed by atoms with Gasteiger partial charge in [-0.05, 0) is 25.8 Å². The number of piperazine rings is 1. The lowest BCUT2D eigenvalue weighted by atomic mass is 10.1. The minimum Gasteiger partial charge on any atom is -0.392 e. The quantitative estimate of drug-likeness (QED) is 0.867. The van der Waals surface area contributed by atoms with Gasteiger partial charge >= 0.3 is 0 Å². The van der Waals surface area contributed by atoms with Crippen LogP contribution in [0.4, 0.5) is 0 Å². The zero-order chi connectivity index (χ0) is 17.8. The standard InChI is InChI=1S/C19H28N4O2/c1-4-16-12-22(9-10-23(16)11-15(3)24)13-18-20-19(21-25-18)17-8-6-5-7-14(17)2/h5-8,15-16,24H,4,9-13H2,1-3H3/t15-,16+/m0/s1. The summed E-state index contributed by atoms with van der Waals surface area (Å²) < 4.78 is 5.48. The van der Waals surface area contributed by atoms with Gasteiger partial charge in [0.15, 0.2) is 0 Å². The maximum Gasteiger partial charge on any atom is 0.241 e. The van der Waals surface area contributed by atoms with Crippen LogP contribution >= 0.6 is 0 Å². The second-order valence-electron chi connectivity index (χ2n) is 6.97. The van der Waals surface area contributed by atoms with Crippen LogP contribution < -0.4 is 0 Å². The number of rotatable bonds is 6. The Kier molecular flexibility index (Phi) is 5.83. The number of benzene rings is 1. The largest absolute Gasteiger partial charge is 0.392 e. The fourth-order valence-electron chi connectivity index (χ4n) is 3.51. The van der Waals surface area contributed by atoms with Crippen molar-refractivity contribution in [3.63, 3.8) is 0 Å². The van der Waals surface area contributed by atoms with E-state index in [4.69, 9.17) is 4.52 Å². The van der Waals surface area contributed by atoms with E-state index in [1.165, 1.54) is 0 Å². The number of hydrogen-bond acceptors (Lipinski definition) is 6. The Hall–Kier alpha value is -1.76. The molecule has 0 bridgehead atoms. The molecule has 6 nitrogen and oxygen atoms in total. The zero-order valence-corrected chi connectivity index (χ0v) is 15.4. The first-order valence-corrected chi connectivity index (χ1v) is 9.10. The predicted octanol–water partition coefficient (Wildman–Crippen LogP) is 2.32. The van der Waals surface area contributed by atoms with Crippen LogP contribution in [0.3, 0.4) is 0 Å². The average molecular weight is 344 g/mol. The van der Waals surface area contributed by atoms with Crippen molar-refractivity contribution in [1.29, 1.82) is 0 Å². The van der Waals surface area contributed by atoms with Crippen molar-refractivity contribution in [2.45, 2.75) is 45.9 Å². The Morgan fingerprint density at radius 3 is 2.84 bits per heavy atom. The van der Waals surface area contributed by atoms with Crippen molar-refractivity contribution in [2.24, 2.45) is 0 Å². The topological polar surface area (TPSA) is 65.6 Å². The van der Waals surface area contributed by atoms with E-state index in [1.54, 1.807) is 0 Å². The van der Waals surface area contributed by atoms with Gasteiger partial charge in [-0.15, -0.1) is 0 Å². The van der Waals surface area contributed by atoms with Crippen LogP contribution in [0.1, 0.15) is 31.7 Å². The summed E-state index contributed by atoms with van der Waals surface area (Å²) in [4.78, 5) is 9.33. The SMILES string of the molecule is CC[C@@H]1CN(Cc2nc(-c3ccccc3C)no2)CCN1C[C@H](C)O. The molecule has 1 aliphatic heterocycles. The highest BCUT2D eigenvalue weighted by atomic mass is 16.5. The summed E-state index contributed by atoms with van der Waals surface area (Å²) in [5.41, 5.74) is 2.17. The van der Waals surface area contributed by atoms with Crippen LogP contribution in [0.2, 0.25) is 0 Å². The molecule has 2 heterocycles. The van der Waals surface area contributed by atoms with E-state index in [1.807, 2.05) is 25.1 Å². The predicted molar refractivity (Wildman–Crippen MR) is 97.1 cm³/mol. The lowest BCUT2D eigenvalue weighted by Crippen LogP contribution is -2.54. The summed E-state index contributed by atoms with van der Waals surface area (Å²) in [5.74, 6) is 1.32. The Morgan fingerprint density at radius 1 is 1.32 bits per heavy atom. The van der Waals surface area contributed by atoms with Crippen LogP contribution in [0.5, 0.6) is 0 Å². The molecule has 1 aromatic heterocycles. The van der Waals surface area contributed by atoms with Crippen molar-refractivity contribution < 1.29 is 9.63 Å². The summed E-state index contributed by atoms with van der Waals surface area (Å²) in [7, 11) is 0. The Morgan fingerprint density at radius 2 is 2.12 bits per heavy atom. The lowest BCUT2D eigenvalue weighted by Gasteiger charge is -2.41. The molecule has 6 heteroatoms. The normalized spacial score (nSPS) is 20.7. The van der Waals surface area contributed by atoms with Crippen molar-refractivity contribution in [3.05, 3.63) is 35.7 Å². The van der Waals surface area contributed by atoms with Crippen LogP contribution in [-0.2, 0) is 6.54 Å². The van der Waals surface area contributed by atoms with Gasteiger partial charge in [-0.1, -0.05) is 36.3 Å². The number of aliphatic hydroxyl groups excluding tert-OH is 1. The summed E-state index contributed by atoms with van der Waals surface area (Å²) in [6.45, 7) is 10.4. The Labute approximate surface area is 149 Å². The molecule has 3 rings (SSSR count). The van der Waals surface area contributed by atoms with Gasteiger partial charge in [0.2, 0.25) is 11.7 Å². The first kappa shape index (κ1) is 18.0. The van der Waals surface area contributed by atoms with Crippen molar-refractivity contribution in [3.8, 4) is 11.4 Å². The third-order valence-corrected chi connectivity index (χ3v) is 4.87. The third kappa shape index (κ3) is 4.45. The second kappa shape index (κ2) is 8.08. The first-order chi connectivity index (χ1) is 12.1. The van der Waals surface area contributed by atoms with E-state index in [-0.39, 0.29) is 6.10 Å². The number of aromatic nitrogens is 2. The zero-order valence-electron chi connectivity index (χ0n) is 15.4. The summed E-state index contributed by atoms with van der Waals surface area (Å²) >= 11 is 0. The average Bonchev–Trinajstić information content (AvgIpc) is 3.04. The summed E-state index contributed by atoms with van der Waals surface area (Å²) in [6.07, 6.45) is 0.787. The Bertz CT molecular complexity index is 686. The van der Waals surface area contributed by atoms with E-state index >= 15 is 0 Å². The van der Waals surface area contributed by atoms with Gasteiger partial charge in [0.05, 0.1) is 12.6 Å². The number of β-amino-alcohol motifs (C(OH)–C–C–N with tert-alkyl or cyclic N) is 1. The molecule has 1 saturated heterocycles. The van der Waals surface area contributed by atoms with Gasteiger partial charge < -0.3 is 9.63 Å². The molecule has 2 aromatic rings. The molecule has 1 fully saturated rings. The highest BCUT2D eigenvalue weighted by Gasteiger charge is 2.27. The number of aryl methyl sites for hydroxylation is 1. The van der Waals surface area contributed by atoms with Crippen molar-refractivity contribution >= 4 is 0 Å². The maximum atomic E-state index is 9.66. The van der Waals surface area contributed by atoms with Crippen LogP contribution in [0, 0.1) is 6.92 Å². The molecule has 0 spiro atoms. The van der Waals surface area contributed by atoms with Gasteiger partial charge in [-0.25, -0.2) is 0 Å². The highest BCUT2D eigenvalue weighted by molar-refractivity contribution is 5.58. The van der Waals surface area contributed by atoms with Crippen molar-refractivity contribution in [1.82, 2.24) is 19.9 Å². The van der Waals surface area contributed by atoms with Crippen molar-refractivity contribution in [2.75, 3.05) is 26.2 Å². The number of aliphatic hydroxyl groups is 1. The lowest BCUT2D eigenvalue weighted by molar-refractivity contribution is 0.0302. The van der Waals surface area contributed by atoms with Gasteiger partial charge in [0.25, 0.3) is 0 Å². The van der Waals surface area contributed by atoms with E-state index in [0.29, 0.717) is 24.3 Å². The smallest absolute Gasteiger partial charge is 0.241 e. The molecule has 0 radical (unpaired) electrons. The monoisotopic (exact) mass is 344 g/mol. The second-order valence-corrected chi connectivity index (χ2v) is 6.97.